The van der Waals surface area contributed by atoms with E-state index in [1.807, 2.05) is 0 Å². The molecule has 6 nitrogen and oxygen atoms in total. The van der Waals surface area contributed by atoms with Gasteiger partial charge in [-0.3, -0.25) is 4.79 Å². The van der Waals surface area contributed by atoms with Gasteiger partial charge in [0, 0.05) is 57.7 Å². The molecule has 3 aliphatic heterocycles. The molecular formula is C16H25N5O. The van der Waals surface area contributed by atoms with Crippen molar-refractivity contribution in [2.45, 2.75) is 31.3 Å². The van der Waals surface area contributed by atoms with Gasteiger partial charge in [0.25, 0.3) is 5.56 Å². The maximum Gasteiger partial charge on any atom is 0.293 e. The molecular weight excluding hydrogens is 278 g/mol. The Kier molecular flexibility index (Phi) is 3.66. The Morgan fingerprint density at radius 1 is 1.23 bits per heavy atom. The summed E-state index contributed by atoms with van der Waals surface area (Å²) in [6.45, 7) is 5.59. The number of nitrogens with zero attached hydrogens (tertiary/aromatic N) is 4. The van der Waals surface area contributed by atoms with E-state index in [1.54, 1.807) is 24.0 Å². The highest BCUT2D eigenvalue weighted by Gasteiger charge is 2.39. The van der Waals surface area contributed by atoms with Crippen molar-refractivity contribution >= 4 is 5.82 Å². The van der Waals surface area contributed by atoms with Gasteiger partial charge in [-0.2, -0.15) is 0 Å². The highest BCUT2D eigenvalue weighted by molar-refractivity contribution is 5.36. The zero-order valence-corrected chi connectivity index (χ0v) is 13.2. The Balaban J connectivity index is 1.43. The van der Waals surface area contributed by atoms with Crippen LogP contribution in [0.2, 0.25) is 0 Å². The van der Waals surface area contributed by atoms with Crippen molar-refractivity contribution in [2.75, 3.05) is 37.6 Å². The zero-order valence-electron chi connectivity index (χ0n) is 13.2. The van der Waals surface area contributed by atoms with Gasteiger partial charge in [-0.05, 0) is 31.7 Å². The van der Waals surface area contributed by atoms with Gasteiger partial charge < -0.3 is 19.7 Å². The van der Waals surface area contributed by atoms with Crippen LogP contribution in [0.3, 0.4) is 0 Å². The molecule has 0 aromatic carbocycles. The Morgan fingerprint density at radius 2 is 2.14 bits per heavy atom. The van der Waals surface area contributed by atoms with Gasteiger partial charge in [0.1, 0.15) is 0 Å². The highest BCUT2D eigenvalue weighted by Crippen LogP contribution is 2.28. The van der Waals surface area contributed by atoms with Crippen LogP contribution < -0.4 is 15.8 Å². The minimum atomic E-state index is 0.00850. The highest BCUT2D eigenvalue weighted by atomic mass is 16.1. The number of rotatable bonds is 3. The number of fused-ring (bicyclic) bond motifs is 2. The molecule has 1 aromatic rings. The summed E-state index contributed by atoms with van der Waals surface area (Å²) in [6.07, 6.45) is 7.10. The summed E-state index contributed by atoms with van der Waals surface area (Å²) < 4.78 is 1.61. The first kappa shape index (κ1) is 14.2. The lowest BCUT2D eigenvalue weighted by molar-refractivity contribution is 0.282. The largest absolute Gasteiger partial charge is 0.350 e. The molecule has 22 heavy (non-hydrogen) atoms. The summed E-state index contributed by atoms with van der Waals surface area (Å²) in [5.41, 5.74) is 0.00850. The molecule has 2 bridgehead atoms. The van der Waals surface area contributed by atoms with Gasteiger partial charge in [-0.1, -0.05) is 0 Å². The van der Waals surface area contributed by atoms with Gasteiger partial charge in [-0.15, -0.1) is 0 Å². The molecule has 4 rings (SSSR count). The fourth-order valence-electron chi connectivity index (χ4n) is 4.28. The van der Waals surface area contributed by atoms with E-state index in [9.17, 15) is 4.79 Å². The number of piperidine rings is 2. The van der Waals surface area contributed by atoms with Crippen molar-refractivity contribution in [2.24, 2.45) is 13.0 Å². The van der Waals surface area contributed by atoms with Crippen molar-refractivity contribution in [3.05, 3.63) is 22.7 Å². The lowest BCUT2D eigenvalue weighted by Crippen LogP contribution is -2.53. The quantitative estimate of drug-likeness (QED) is 0.855. The Labute approximate surface area is 131 Å². The van der Waals surface area contributed by atoms with Crippen LogP contribution in [0, 0.1) is 5.92 Å². The monoisotopic (exact) mass is 303 g/mol. The lowest BCUT2D eigenvalue weighted by Gasteiger charge is -2.36. The van der Waals surface area contributed by atoms with Crippen molar-refractivity contribution in [1.82, 2.24) is 19.8 Å². The molecule has 120 valence electrons. The third-order valence-corrected chi connectivity index (χ3v) is 5.50. The van der Waals surface area contributed by atoms with Crippen LogP contribution in [0.5, 0.6) is 0 Å². The van der Waals surface area contributed by atoms with E-state index >= 15 is 0 Å². The van der Waals surface area contributed by atoms with E-state index in [-0.39, 0.29) is 5.56 Å². The van der Waals surface area contributed by atoms with E-state index in [1.165, 1.54) is 32.5 Å². The Bertz CT molecular complexity index is 600. The second-order valence-corrected chi connectivity index (χ2v) is 7.03. The fourth-order valence-corrected chi connectivity index (χ4v) is 4.28. The van der Waals surface area contributed by atoms with E-state index < -0.39 is 0 Å². The van der Waals surface area contributed by atoms with E-state index in [0.29, 0.717) is 17.9 Å². The van der Waals surface area contributed by atoms with Gasteiger partial charge in [0.15, 0.2) is 5.82 Å². The summed E-state index contributed by atoms with van der Waals surface area (Å²) >= 11 is 0. The second kappa shape index (κ2) is 5.66. The average Bonchev–Trinajstić information content (AvgIpc) is 3.13. The smallest absolute Gasteiger partial charge is 0.293 e. The molecule has 6 heteroatoms. The molecule has 1 aromatic heterocycles. The van der Waals surface area contributed by atoms with Gasteiger partial charge >= 0.3 is 0 Å². The van der Waals surface area contributed by atoms with Crippen molar-refractivity contribution in [1.29, 1.82) is 0 Å². The zero-order chi connectivity index (χ0) is 15.1. The molecule has 4 atom stereocenters. The normalized spacial score (nSPS) is 34.3. The molecule has 3 saturated heterocycles. The van der Waals surface area contributed by atoms with Gasteiger partial charge in [0.05, 0.1) is 0 Å². The van der Waals surface area contributed by atoms with Gasteiger partial charge in [0.2, 0.25) is 0 Å². The number of aryl methyl sites for hydroxylation is 1. The summed E-state index contributed by atoms with van der Waals surface area (Å²) in [4.78, 5) is 21.3. The number of aromatic nitrogens is 2. The maximum atomic E-state index is 12.3. The van der Waals surface area contributed by atoms with E-state index in [4.69, 9.17) is 0 Å². The third-order valence-electron chi connectivity index (χ3n) is 5.50. The first-order valence-electron chi connectivity index (χ1n) is 8.45. The minimum Gasteiger partial charge on any atom is -0.350 e. The molecule has 4 heterocycles. The van der Waals surface area contributed by atoms with Crippen molar-refractivity contribution in [3.63, 3.8) is 0 Å². The van der Waals surface area contributed by atoms with E-state index in [2.05, 4.69) is 20.1 Å². The standard InChI is InChI=1S/C16H25N5O/c1-19-8-5-17-15(16(19)22)21-6-2-3-13(10-21)18-14-11-20-7-4-12(14)9-20/h5,8,12-14,18H,2-4,6-7,9-11H2,1H3. The number of hydrogen-bond donors (Lipinski definition) is 1. The van der Waals surface area contributed by atoms with Crippen molar-refractivity contribution in [3.8, 4) is 0 Å². The molecule has 0 saturated carbocycles. The Morgan fingerprint density at radius 3 is 2.91 bits per heavy atom. The fraction of sp³-hybridized carbons (Fsp3) is 0.750. The molecule has 1 N–H and O–H groups in total. The van der Waals surface area contributed by atoms with E-state index in [0.717, 1.165) is 25.4 Å². The third kappa shape index (κ3) is 2.54. The lowest BCUT2D eigenvalue weighted by atomic mass is 9.97. The number of hydrogen-bond acceptors (Lipinski definition) is 5. The molecule has 4 unspecified atom stereocenters. The van der Waals surface area contributed by atoms with Crippen LogP contribution in [0.25, 0.3) is 0 Å². The average molecular weight is 303 g/mol. The predicted octanol–water partition coefficient (Wildman–Crippen LogP) is 0.0428. The van der Waals surface area contributed by atoms with Crippen LogP contribution in [-0.4, -0.2) is 59.3 Å². The predicted molar refractivity (Wildman–Crippen MR) is 86.2 cm³/mol. The molecule has 3 fully saturated rings. The number of anilines is 1. The Hall–Kier alpha value is -1.40. The van der Waals surface area contributed by atoms with Gasteiger partial charge in [-0.25, -0.2) is 4.98 Å². The first-order chi connectivity index (χ1) is 10.7. The molecule has 0 amide bonds. The molecule has 0 radical (unpaired) electrons. The van der Waals surface area contributed by atoms with Crippen LogP contribution in [0.4, 0.5) is 5.82 Å². The maximum absolute atomic E-state index is 12.3. The first-order valence-corrected chi connectivity index (χ1v) is 8.45. The van der Waals surface area contributed by atoms with Crippen molar-refractivity contribution < 1.29 is 0 Å². The summed E-state index contributed by atoms with van der Waals surface area (Å²) in [6, 6.07) is 1.12. The van der Waals surface area contributed by atoms with Crippen LogP contribution in [0.15, 0.2) is 17.2 Å². The van der Waals surface area contributed by atoms with Crippen LogP contribution in [-0.2, 0) is 7.05 Å². The SMILES string of the molecule is Cn1ccnc(N2CCCC(NC3CN4CCC3C4)C2)c1=O. The summed E-state index contributed by atoms with van der Waals surface area (Å²) in [5.74, 6) is 1.44. The summed E-state index contributed by atoms with van der Waals surface area (Å²) in [7, 11) is 1.79. The molecule has 3 aliphatic rings. The topological polar surface area (TPSA) is 53.4 Å². The molecule has 0 spiro atoms. The van der Waals surface area contributed by atoms with Crippen LogP contribution >= 0.6 is 0 Å². The molecule has 0 aliphatic carbocycles. The second-order valence-electron chi connectivity index (χ2n) is 7.03. The summed E-state index contributed by atoms with van der Waals surface area (Å²) in [5, 5.41) is 3.86. The minimum absolute atomic E-state index is 0.00850. The van der Waals surface area contributed by atoms with Crippen LogP contribution in [0.1, 0.15) is 19.3 Å². The number of nitrogens with one attached hydrogen (secondary N) is 1.